The van der Waals surface area contributed by atoms with E-state index in [1.165, 1.54) is 0 Å². The average molecular weight is 249 g/mol. The van der Waals surface area contributed by atoms with Crippen molar-refractivity contribution in [3.05, 3.63) is 30.6 Å². The molecule has 0 saturated heterocycles. The number of nitrogen functional groups attached to an aromatic ring is 1. The van der Waals surface area contributed by atoms with E-state index >= 15 is 0 Å². The molecule has 0 fully saturated rings. The van der Waals surface area contributed by atoms with E-state index in [1.807, 2.05) is 18.2 Å². The van der Waals surface area contributed by atoms with Crippen molar-refractivity contribution in [1.82, 2.24) is 4.98 Å². The molecule has 3 N–H and O–H groups in total. The maximum absolute atomic E-state index is 11.0. The lowest BCUT2D eigenvalue weighted by molar-refractivity contribution is 0.687. The van der Waals surface area contributed by atoms with Crippen LogP contribution in [0.25, 0.3) is 10.8 Å². The summed E-state index contributed by atoms with van der Waals surface area (Å²) in [5.74, 6) is 0.636. The van der Waals surface area contributed by atoms with E-state index in [4.69, 9.17) is 5.73 Å². The molecule has 0 saturated carbocycles. The molecule has 0 aliphatic carbocycles. The highest BCUT2D eigenvalue weighted by atomic mass is 32.2. The summed E-state index contributed by atoms with van der Waals surface area (Å²) in [7, 11) is -0.777. The fraction of sp³-hybridized carbons (Fsp3) is 0.250. The minimum atomic E-state index is -0.777. The van der Waals surface area contributed by atoms with Gasteiger partial charge >= 0.3 is 0 Å². The van der Waals surface area contributed by atoms with Gasteiger partial charge in [0.15, 0.2) is 0 Å². The summed E-state index contributed by atoms with van der Waals surface area (Å²) in [5.41, 5.74) is 7.61. The Morgan fingerprint density at radius 1 is 1.35 bits per heavy atom. The highest BCUT2D eigenvalue weighted by Gasteiger charge is 2.03. The summed E-state index contributed by atoms with van der Waals surface area (Å²) in [6, 6.07) is 5.72. The monoisotopic (exact) mass is 249 g/mol. The smallest absolute Gasteiger partial charge is 0.0422 e. The molecule has 1 aromatic carbocycles. The van der Waals surface area contributed by atoms with E-state index in [2.05, 4.69) is 10.3 Å². The van der Waals surface area contributed by atoms with E-state index in [-0.39, 0.29) is 0 Å². The Bertz CT molecular complexity index is 556. The molecule has 5 heteroatoms. The van der Waals surface area contributed by atoms with Gasteiger partial charge in [0.25, 0.3) is 0 Å². The third kappa shape index (κ3) is 2.74. The predicted molar refractivity (Wildman–Crippen MR) is 73.6 cm³/mol. The zero-order valence-electron chi connectivity index (χ0n) is 9.64. The lowest BCUT2D eigenvalue weighted by Crippen LogP contribution is -2.10. The summed E-state index contributed by atoms with van der Waals surface area (Å²) in [6.07, 6.45) is 5.20. The van der Waals surface area contributed by atoms with E-state index in [0.717, 1.165) is 22.1 Å². The van der Waals surface area contributed by atoms with Crippen molar-refractivity contribution in [1.29, 1.82) is 0 Å². The quantitative estimate of drug-likeness (QED) is 0.808. The molecule has 1 heterocycles. The molecule has 1 aromatic heterocycles. The number of nitrogens with one attached hydrogen (secondary N) is 1. The largest absolute Gasteiger partial charge is 0.398 e. The van der Waals surface area contributed by atoms with Crippen LogP contribution in [0, 0.1) is 0 Å². The Labute approximate surface area is 103 Å². The van der Waals surface area contributed by atoms with Crippen LogP contribution < -0.4 is 11.1 Å². The average Bonchev–Trinajstić information content (AvgIpc) is 2.32. The number of nitrogens with zero attached hydrogens (tertiary/aromatic N) is 1. The van der Waals surface area contributed by atoms with Gasteiger partial charge in [0.05, 0.1) is 0 Å². The number of benzene rings is 1. The van der Waals surface area contributed by atoms with Gasteiger partial charge in [-0.3, -0.25) is 9.19 Å². The summed E-state index contributed by atoms with van der Waals surface area (Å²) in [6.45, 7) is 0.685. The van der Waals surface area contributed by atoms with Gasteiger partial charge in [-0.15, -0.1) is 0 Å². The Balaban J connectivity index is 2.28. The standard InChI is InChI=1S/C12H15N3OS/c1-17(16)7-6-15-12-3-2-11(13)10-8-14-5-4-9(10)12/h2-5,8,15H,6-7,13H2,1H3. The first-order chi connectivity index (χ1) is 8.18. The Morgan fingerprint density at radius 3 is 2.94 bits per heavy atom. The summed E-state index contributed by atoms with van der Waals surface area (Å²) >= 11 is 0. The number of pyridine rings is 1. The van der Waals surface area contributed by atoms with Crippen LogP contribution in [0.15, 0.2) is 30.6 Å². The molecule has 0 aliphatic rings. The number of aromatic nitrogens is 1. The zero-order valence-corrected chi connectivity index (χ0v) is 10.5. The van der Waals surface area contributed by atoms with Crippen molar-refractivity contribution in [3.63, 3.8) is 0 Å². The Kier molecular flexibility index (Phi) is 3.58. The minimum Gasteiger partial charge on any atom is -0.398 e. The second-order valence-electron chi connectivity index (χ2n) is 3.83. The van der Waals surface area contributed by atoms with Crippen molar-refractivity contribution in [3.8, 4) is 0 Å². The molecule has 0 radical (unpaired) electrons. The van der Waals surface area contributed by atoms with Crippen LogP contribution in [0.3, 0.4) is 0 Å². The van der Waals surface area contributed by atoms with E-state index in [0.29, 0.717) is 12.3 Å². The molecule has 1 atom stereocenters. The lowest BCUT2D eigenvalue weighted by atomic mass is 10.1. The van der Waals surface area contributed by atoms with E-state index in [9.17, 15) is 4.21 Å². The van der Waals surface area contributed by atoms with Crippen LogP contribution >= 0.6 is 0 Å². The molecule has 4 nitrogen and oxygen atoms in total. The van der Waals surface area contributed by atoms with Gasteiger partial charge < -0.3 is 11.1 Å². The van der Waals surface area contributed by atoms with Crippen LogP contribution in [-0.2, 0) is 10.8 Å². The summed E-state index contributed by atoms with van der Waals surface area (Å²) < 4.78 is 11.0. The van der Waals surface area contributed by atoms with Crippen molar-refractivity contribution in [2.24, 2.45) is 0 Å². The number of rotatable bonds is 4. The molecule has 0 amide bonds. The molecule has 90 valence electrons. The maximum atomic E-state index is 11.0. The van der Waals surface area contributed by atoms with E-state index in [1.54, 1.807) is 18.6 Å². The Morgan fingerprint density at radius 2 is 2.18 bits per heavy atom. The second kappa shape index (κ2) is 5.14. The molecule has 17 heavy (non-hydrogen) atoms. The second-order valence-corrected chi connectivity index (χ2v) is 5.38. The van der Waals surface area contributed by atoms with Gasteiger partial charge in [-0.2, -0.15) is 0 Å². The lowest BCUT2D eigenvalue weighted by Gasteiger charge is -2.10. The predicted octanol–water partition coefficient (Wildman–Crippen LogP) is 1.61. The third-order valence-corrected chi connectivity index (χ3v) is 3.34. The van der Waals surface area contributed by atoms with Crippen molar-refractivity contribution in [2.75, 3.05) is 29.6 Å². The molecule has 0 aliphatic heterocycles. The molecule has 2 rings (SSSR count). The normalized spacial score (nSPS) is 12.5. The van der Waals surface area contributed by atoms with Gasteiger partial charge in [0.2, 0.25) is 0 Å². The number of hydrogen-bond donors (Lipinski definition) is 2. The van der Waals surface area contributed by atoms with Crippen LogP contribution in [0.5, 0.6) is 0 Å². The topological polar surface area (TPSA) is 68.0 Å². The highest BCUT2D eigenvalue weighted by Crippen LogP contribution is 2.27. The fourth-order valence-electron chi connectivity index (χ4n) is 1.70. The number of anilines is 2. The number of nitrogens with two attached hydrogens (primary N) is 1. The molecular weight excluding hydrogens is 234 g/mol. The van der Waals surface area contributed by atoms with Crippen LogP contribution in [0.1, 0.15) is 0 Å². The first kappa shape index (κ1) is 11.9. The fourth-order valence-corrected chi connectivity index (χ4v) is 2.09. The van der Waals surface area contributed by atoms with Crippen LogP contribution in [0.4, 0.5) is 11.4 Å². The zero-order chi connectivity index (χ0) is 12.3. The maximum Gasteiger partial charge on any atom is 0.0422 e. The number of hydrogen-bond acceptors (Lipinski definition) is 4. The highest BCUT2D eigenvalue weighted by molar-refractivity contribution is 7.84. The molecular formula is C12H15N3OS. The first-order valence-corrected chi connectivity index (χ1v) is 7.07. The van der Waals surface area contributed by atoms with Crippen molar-refractivity contribution in [2.45, 2.75) is 0 Å². The van der Waals surface area contributed by atoms with Crippen LogP contribution in [0.2, 0.25) is 0 Å². The van der Waals surface area contributed by atoms with Gasteiger partial charge in [-0.25, -0.2) is 0 Å². The van der Waals surface area contributed by atoms with Crippen molar-refractivity contribution < 1.29 is 4.21 Å². The SMILES string of the molecule is CS(=O)CCNc1ccc(N)c2cnccc12. The van der Waals surface area contributed by atoms with Gasteiger partial charge in [0, 0.05) is 63.9 Å². The van der Waals surface area contributed by atoms with Gasteiger partial charge in [0.1, 0.15) is 0 Å². The molecule has 2 aromatic rings. The number of fused-ring (bicyclic) bond motifs is 1. The first-order valence-electron chi connectivity index (χ1n) is 5.34. The van der Waals surface area contributed by atoms with E-state index < -0.39 is 10.8 Å². The molecule has 1 unspecified atom stereocenters. The molecule has 0 bridgehead atoms. The molecule has 0 spiro atoms. The summed E-state index contributed by atoms with van der Waals surface area (Å²) in [4.78, 5) is 4.07. The van der Waals surface area contributed by atoms with Gasteiger partial charge in [-0.1, -0.05) is 0 Å². The van der Waals surface area contributed by atoms with Crippen LogP contribution in [-0.4, -0.2) is 27.7 Å². The van der Waals surface area contributed by atoms with Gasteiger partial charge in [-0.05, 0) is 18.2 Å². The third-order valence-electron chi connectivity index (χ3n) is 2.56. The Hall–Kier alpha value is -1.62. The van der Waals surface area contributed by atoms with Crippen molar-refractivity contribution >= 4 is 32.9 Å². The summed E-state index contributed by atoms with van der Waals surface area (Å²) in [5, 5.41) is 5.25. The minimum absolute atomic E-state index is 0.636.